The van der Waals surface area contributed by atoms with Crippen molar-refractivity contribution < 1.29 is 13.2 Å². The van der Waals surface area contributed by atoms with E-state index in [4.69, 9.17) is 0 Å². The number of nitrogens with zero attached hydrogens (tertiary/aromatic N) is 2. The van der Waals surface area contributed by atoms with E-state index in [0.29, 0.717) is 31.1 Å². The Morgan fingerprint density at radius 1 is 0.964 bits per heavy atom. The summed E-state index contributed by atoms with van der Waals surface area (Å²) in [5.74, 6) is -0.186. The molecule has 5 nitrogen and oxygen atoms in total. The number of hydrogen-bond donors (Lipinski definition) is 0. The Labute approximate surface area is 170 Å². The highest BCUT2D eigenvalue weighted by molar-refractivity contribution is 7.89. The minimum atomic E-state index is -3.61. The first-order valence-corrected chi connectivity index (χ1v) is 12.0. The number of benzene rings is 1. The van der Waals surface area contributed by atoms with Gasteiger partial charge in [0.2, 0.25) is 10.0 Å². The van der Waals surface area contributed by atoms with Crippen molar-refractivity contribution in [1.29, 1.82) is 0 Å². The Kier molecular flexibility index (Phi) is 5.66. The highest BCUT2D eigenvalue weighted by Gasteiger charge is 2.32. The quantitative estimate of drug-likeness (QED) is 0.761. The fraction of sp³-hybridized carbons (Fsp3) is 0.381. The predicted molar refractivity (Wildman–Crippen MR) is 112 cm³/mol. The van der Waals surface area contributed by atoms with Crippen LogP contribution in [0.4, 0.5) is 0 Å². The molecule has 1 amide bonds. The van der Waals surface area contributed by atoms with Crippen molar-refractivity contribution in [2.45, 2.75) is 30.6 Å². The van der Waals surface area contributed by atoms with E-state index in [9.17, 15) is 13.2 Å². The van der Waals surface area contributed by atoms with Crippen molar-refractivity contribution >= 4 is 32.8 Å². The van der Waals surface area contributed by atoms with Gasteiger partial charge in [-0.15, -0.1) is 11.3 Å². The first kappa shape index (κ1) is 19.4. The Balaban J connectivity index is 1.53. The van der Waals surface area contributed by atoms with E-state index < -0.39 is 10.0 Å². The molecule has 0 N–H and O–H groups in total. The lowest BCUT2D eigenvalue weighted by atomic mass is 9.99. The number of rotatable bonds is 4. The molecule has 0 spiro atoms. The van der Waals surface area contributed by atoms with Crippen LogP contribution in [0.5, 0.6) is 0 Å². The van der Waals surface area contributed by atoms with Gasteiger partial charge in [0.25, 0.3) is 5.91 Å². The summed E-state index contributed by atoms with van der Waals surface area (Å²) < 4.78 is 27.6. The van der Waals surface area contributed by atoms with Gasteiger partial charge in [-0.2, -0.15) is 4.31 Å². The molecule has 1 saturated heterocycles. The summed E-state index contributed by atoms with van der Waals surface area (Å²) in [5, 5.41) is 1.71. The van der Waals surface area contributed by atoms with Gasteiger partial charge < -0.3 is 4.90 Å². The molecule has 4 rings (SSSR count). The van der Waals surface area contributed by atoms with Gasteiger partial charge in [0.1, 0.15) is 9.77 Å². The third-order valence-corrected chi connectivity index (χ3v) is 8.37. The average molecular weight is 417 g/mol. The van der Waals surface area contributed by atoms with Crippen LogP contribution in [0, 0.1) is 0 Å². The summed E-state index contributed by atoms with van der Waals surface area (Å²) in [5.41, 5.74) is 2.41. The zero-order valence-electron chi connectivity index (χ0n) is 15.7. The Bertz CT molecular complexity index is 974. The lowest BCUT2D eigenvalue weighted by molar-refractivity contribution is 0.0774. The number of carbonyl (C=O) groups excluding carboxylic acids is 1. The number of sulfonamides is 1. The number of amides is 1. The molecule has 1 fully saturated rings. The first-order chi connectivity index (χ1) is 13.6. The molecule has 2 aliphatic rings. The van der Waals surface area contributed by atoms with E-state index >= 15 is 0 Å². The van der Waals surface area contributed by atoms with Crippen LogP contribution >= 0.6 is 11.3 Å². The molecule has 2 aliphatic heterocycles. The van der Waals surface area contributed by atoms with Gasteiger partial charge in [0, 0.05) is 26.2 Å². The van der Waals surface area contributed by atoms with Crippen molar-refractivity contribution in [3.05, 3.63) is 58.3 Å². The molecule has 0 atom stereocenters. The van der Waals surface area contributed by atoms with Crippen LogP contribution in [0.3, 0.4) is 0 Å². The van der Waals surface area contributed by atoms with E-state index in [1.165, 1.54) is 26.8 Å². The standard InChI is InChI=1S/C21H24N2O3S2/c24-21(22-14-9-18(10-15-22)17-7-3-1-4-8-17)20-19(11-16-27-20)28(25,26)23-12-5-2-6-13-23/h1,3-4,7-9,11,16H,2,5-6,10,12-15H2. The van der Waals surface area contributed by atoms with Crippen LogP contribution in [0.1, 0.15) is 40.9 Å². The van der Waals surface area contributed by atoms with E-state index in [-0.39, 0.29) is 10.8 Å². The molecule has 28 heavy (non-hydrogen) atoms. The highest BCUT2D eigenvalue weighted by atomic mass is 32.2. The van der Waals surface area contributed by atoms with E-state index in [1.54, 1.807) is 16.3 Å². The Hall–Kier alpha value is -1.96. The van der Waals surface area contributed by atoms with Gasteiger partial charge in [-0.25, -0.2) is 8.42 Å². The normalized spacial score (nSPS) is 18.7. The molecule has 0 unspecified atom stereocenters. The van der Waals surface area contributed by atoms with Crippen LogP contribution in [-0.4, -0.2) is 49.7 Å². The second-order valence-electron chi connectivity index (χ2n) is 7.18. The van der Waals surface area contributed by atoms with Gasteiger partial charge >= 0.3 is 0 Å². The zero-order chi connectivity index (χ0) is 19.6. The SMILES string of the molecule is O=C(c1sccc1S(=O)(=O)N1CCCCC1)N1CC=C(c2ccccc2)CC1. The summed E-state index contributed by atoms with van der Waals surface area (Å²) in [6.45, 7) is 2.18. The van der Waals surface area contributed by atoms with Crippen molar-refractivity contribution in [3.8, 4) is 0 Å². The summed E-state index contributed by atoms with van der Waals surface area (Å²) in [6.07, 6.45) is 5.67. The number of carbonyl (C=O) groups is 1. The molecule has 0 bridgehead atoms. The second-order valence-corrected chi connectivity index (χ2v) is 10.00. The van der Waals surface area contributed by atoms with Gasteiger partial charge in [-0.1, -0.05) is 42.8 Å². The van der Waals surface area contributed by atoms with Crippen LogP contribution in [0.25, 0.3) is 5.57 Å². The molecule has 0 radical (unpaired) electrons. The van der Waals surface area contributed by atoms with Crippen molar-refractivity contribution in [1.82, 2.24) is 9.21 Å². The molecule has 7 heteroatoms. The number of hydrogen-bond acceptors (Lipinski definition) is 4. The Morgan fingerprint density at radius 3 is 2.39 bits per heavy atom. The van der Waals surface area contributed by atoms with Crippen LogP contribution in [0.2, 0.25) is 0 Å². The molecule has 148 valence electrons. The second kappa shape index (κ2) is 8.19. The maximum Gasteiger partial charge on any atom is 0.265 e. The van der Waals surface area contributed by atoms with Gasteiger partial charge in [0.05, 0.1) is 0 Å². The topological polar surface area (TPSA) is 57.7 Å². The molecular formula is C21H24N2O3S2. The minimum absolute atomic E-state index is 0.169. The highest BCUT2D eigenvalue weighted by Crippen LogP contribution is 2.30. The fourth-order valence-electron chi connectivity index (χ4n) is 3.81. The van der Waals surface area contributed by atoms with E-state index in [2.05, 4.69) is 18.2 Å². The summed E-state index contributed by atoms with van der Waals surface area (Å²) in [4.78, 5) is 15.3. The summed E-state index contributed by atoms with van der Waals surface area (Å²) in [6, 6.07) is 11.7. The lowest BCUT2D eigenvalue weighted by Gasteiger charge is -2.28. The van der Waals surface area contributed by atoms with E-state index in [1.807, 2.05) is 18.2 Å². The largest absolute Gasteiger partial charge is 0.334 e. The molecule has 0 aliphatic carbocycles. The summed E-state index contributed by atoms with van der Waals surface area (Å²) in [7, 11) is -3.61. The monoisotopic (exact) mass is 416 g/mol. The number of thiophene rings is 1. The van der Waals surface area contributed by atoms with E-state index in [0.717, 1.165) is 25.7 Å². The van der Waals surface area contributed by atoms with Gasteiger partial charge in [0.15, 0.2) is 0 Å². The average Bonchev–Trinajstić information content (AvgIpc) is 3.25. The van der Waals surface area contributed by atoms with Crippen LogP contribution in [-0.2, 0) is 10.0 Å². The minimum Gasteiger partial charge on any atom is -0.334 e. The zero-order valence-corrected chi connectivity index (χ0v) is 17.3. The lowest BCUT2D eigenvalue weighted by Crippen LogP contribution is -2.38. The smallest absolute Gasteiger partial charge is 0.265 e. The van der Waals surface area contributed by atoms with Crippen LogP contribution < -0.4 is 0 Å². The predicted octanol–water partition coefficient (Wildman–Crippen LogP) is 3.85. The molecule has 3 heterocycles. The van der Waals surface area contributed by atoms with Crippen molar-refractivity contribution in [2.24, 2.45) is 0 Å². The van der Waals surface area contributed by atoms with Gasteiger partial charge in [-0.3, -0.25) is 4.79 Å². The van der Waals surface area contributed by atoms with Crippen molar-refractivity contribution in [2.75, 3.05) is 26.2 Å². The molecule has 2 aromatic rings. The Morgan fingerprint density at radius 2 is 1.71 bits per heavy atom. The third-order valence-electron chi connectivity index (χ3n) is 5.40. The maximum absolute atomic E-state index is 13.1. The maximum atomic E-state index is 13.1. The first-order valence-electron chi connectivity index (χ1n) is 9.69. The van der Waals surface area contributed by atoms with Crippen molar-refractivity contribution in [3.63, 3.8) is 0 Å². The molecule has 0 saturated carbocycles. The summed E-state index contributed by atoms with van der Waals surface area (Å²) >= 11 is 1.22. The third kappa shape index (κ3) is 3.79. The van der Waals surface area contributed by atoms with Crippen LogP contribution in [0.15, 0.2) is 52.7 Å². The molecule has 1 aromatic carbocycles. The molecule has 1 aromatic heterocycles. The molecular weight excluding hydrogens is 392 g/mol. The van der Waals surface area contributed by atoms with Gasteiger partial charge in [-0.05, 0) is 41.8 Å². The number of piperidine rings is 1. The fourth-order valence-corrected chi connectivity index (χ4v) is 6.69.